The first kappa shape index (κ1) is 20.0. The van der Waals surface area contributed by atoms with E-state index in [1.807, 2.05) is 24.3 Å². The first-order valence-corrected chi connectivity index (χ1v) is 8.99. The Labute approximate surface area is 167 Å². The molecular formula is C22H20FN3O3. The summed E-state index contributed by atoms with van der Waals surface area (Å²) in [6, 6.07) is 14.5. The van der Waals surface area contributed by atoms with Crippen LogP contribution in [0.25, 0.3) is 0 Å². The fourth-order valence-electron chi connectivity index (χ4n) is 2.75. The molecule has 0 atom stereocenters. The van der Waals surface area contributed by atoms with Gasteiger partial charge in [0.25, 0.3) is 11.8 Å². The van der Waals surface area contributed by atoms with Crippen molar-refractivity contribution in [1.29, 1.82) is 0 Å². The number of amides is 2. The van der Waals surface area contributed by atoms with Crippen molar-refractivity contribution in [2.24, 2.45) is 0 Å². The molecule has 2 N–H and O–H groups in total. The second-order valence-corrected chi connectivity index (χ2v) is 6.24. The molecule has 148 valence electrons. The van der Waals surface area contributed by atoms with E-state index in [1.54, 1.807) is 7.11 Å². The number of carbonyl (C=O) groups excluding carboxylic acids is 2. The van der Waals surface area contributed by atoms with Crippen molar-refractivity contribution in [1.82, 2.24) is 10.3 Å². The van der Waals surface area contributed by atoms with Crippen LogP contribution in [-0.4, -0.2) is 30.5 Å². The molecule has 0 fully saturated rings. The van der Waals surface area contributed by atoms with E-state index >= 15 is 0 Å². The van der Waals surface area contributed by atoms with Crippen molar-refractivity contribution < 1.29 is 18.7 Å². The Morgan fingerprint density at radius 3 is 2.41 bits per heavy atom. The number of hydrogen-bond acceptors (Lipinski definition) is 4. The van der Waals surface area contributed by atoms with Crippen LogP contribution in [0.3, 0.4) is 0 Å². The number of nitrogens with one attached hydrogen (secondary N) is 2. The highest BCUT2D eigenvalue weighted by atomic mass is 19.1. The van der Waals surface area contributed by atoms with Gasteiger partial charge in [0.1, 0.15) is 11.6 Å². The van der Waals surface area contributed by atoms with Gasteiger partial charge in [0.15, 0.2) is 0 Å². The number of methoxy groups -OCH3 is 1. The lowest BCUT2D eigenvalue weighted by atomic mass is 10.1. The third kappa shape index (κ3) is 5.38. The number of para-hydroxylation sites is 1. The van der Waals surface area contributed by atoms with Gasteiger partial charge in [0.05, 0.1) is 18.2 Å². The van der Waals surface area contributed by atoms with Crippen molar-refractivity contribution in [2.75, 3.05) is 19.0 Å². The Bertz CT molecular complexity index is 1010. The SMILES string of the molecule is COc1ccccc1CCNC(=O)c1cncc(C(=O)Nc2ccc(F)cc2)c1. The normalized spacial score (nSPS) is 10.3. The minimum atomic E-state index is -0.437. The van der Waals surface area contributed by atoms with Crippen LogP contribution in [0, 0.1) is 5.82 Å². The van der Waals surface area contributed by atoms with Crippen LogP contribution in [0.4, 0.5) is 10.1 Å². The molecule has 3 rings (SSSR count). The average Bonchev–Trinajstić information content (AvgIpc) is 2.75. The number of nitrogens with zero attached hydrogens (tertiary/aromatic N) is 1. The third-order valence-corrected chi connectivity index (χ3v) is 4.24. The van der Waals surface area contributed by atoms with E-state index in [4.69, 9.17) is 4.74 Å². The summed E-state index contributed by atoms with van der Waals surface area (Å²) in [7, 11) is 1.60. The quantitative estimate of drug-likeness (QED) is 0.644. The lowest BCUT2D eigenvalue weighted by molar-refractivity contribution is 0.0953. The zero-order valence-electron chi connectivity index (χ0n) is 15.8. The van der Waals surface area contributed by atoms with Crippen LogP contribution >= 0.6 is 0 Å². The predicted octanol–water partition coefficient (Wildman–Crippen LogP) is 3.45. The Morgan fingerprint density at radius 2 is 1.69 bits per heavy atom. The molecule has 1 heterocycles. The average molecular weight is 393 g/mol. The fraction of sp³-hybridized carbons (Fsp3) is 0.136. The summed E-state index contributed by atoms with van der Waals surface area (Å²) in [5.74, 6) is -0.393. The van der Waals surface area contributed by atoms with E-state index in [1.165, 1.54) is 42.7 Å². The maximum atomic E-state index is 13.0. The summed E-state index contributed by atoms with van der Waals surface area (Å²) < 4.78 is 18.3. The largest absolute Gasteiger partial charge is 0.496 e. The van der Waals surface area contributed by atoms with Gasteiger partial charge in [0.2, 0.25) is 0 Å². The van der Waals surface area contributed by atoms with E-state index in [0.29, 0.717) is 18.7 Å². The highest BCUT2D eigenvalue weighted by Crippen LogP contribution is 2.17. The number of carbonyl (C=O) groups is 2. The minimum Gasteiger partial charge on any atom is -0.496 e. The molecule has 0 radical (unpaired) electrons. The monoisotopic (exact) mass is 393 g/mol. The molecule has 0 saturated heterocycles. The molecule has 0 unspecified atom stereocenters. The maximum Gasteiger partial charge on any atom is 0.257 e. The summed E-state index contributed by atoms with van der Waals surface area (Å²) in [6.45, 7) is 0.408. The highest BCUT2D eigenvalue weighted by molar-refractivity contribution is 6.05. The van der Waals surface area contributed by atoms with Crippen LogP contribution in [-0.2, 0) is 6.42 Å². The Balaban J connectivity index is 1.60. The number of aromatic nitrogens is 1. The molecule has 0 aliphatic carbocycles. The third-order valence-electron chi connectivity index (χ3n) is 4.24. The molecule has 2 aromatic carbocycles. The molecule has 0 bridgehead atoms. The van der Waals surface area contributed by atoms with Crippen LogP contribution in [0.2, 0.25) is 0 Å². The minimum absolute atomic E-state index is 0.228. The lowest BCUT2D eigenvalue weighted by Gasteiger charge is -2.10. The van der Waals surface area contributed by atoms with Gasteiger partial charge >= 0.3 is 0 Å². The van der Waals surface area contributed by atoms with Crippen LogP contribution in [0.5, 0.6) is 5.75 Å². The Hall–Kier alpha value is -3.74. The smallest absolute Gasteiger partial charge is 0.257 e. The molecule has 0 saturated carbocycles. The summed E-state index contributed by atoms with van der Waals surface area (Å²) in [5.41, 5.74) is 1.94. The zero-order chi connectivity index (χ0) is 20.6. The highest BCUT2D eigenvalue weighted by Gasteiger charge is 2.12. The summed E-state index contributed by atoms with van der Waals surface area (Å²) in [5, 5.41) is 5.45. The number of rotatable bonds is 7. The number of ether oxygens (including phenoxy) is 1. The lowest BCUT2D eigenvalue weighted by Crippen LogP contribution is -2.26. The number of pyridine rings is 1. The van der Waals surface area contributed by atoms with Crippen molar-refractivity contribution in [3.05, 3.63) is 89.5 Å². The number of hydrogen-bond donors (Lipinski definition) is 2. The van der Waals surface area contributed by atoms with Crippen molar-refractivity contribution in [2.45, 2.75) is 6.42 Å². The van der Waals surface area contributed by atoms with Crippen molar-refractivity contribution >= 4 is 17.5 Å². The molecule has 6 nitrogen and oxygen atoms in total. The van der Waals surface area contributed by atoms with E-state index < -0.39 is 11.7 Å². The van der Waals surface area contributed by atoms with Gasteiger partial charge in [0, 0.05) is 24.6 Å². The first-order chi connectivity index (χ1) is 14.1. The molecule has 0 aliphatic heterocycles. The molecule has 7 heteroatoms. The van der Waals surface area contributed by atoms with E-state index in [9.17, 15) is 14.0 Å². The van der Waals surface area contributed by atoms with Crippen LogP contribution in [0.1, 0.15) is 26.3 Å². The second-order valence-electron chi connectivity index (χ2n) is 6.24. The number of halogens is 1. The fourth-order valence-corrected chi connectivity index (χ4v) is 2.75. The second kappa shape index (κ2) is 9.45. The van der Waals surface area contributed by atoms with Gasteiger partial charge in [-0.25, -0.2) is 4.39 Å². The molecule has 0 spiro atoms. The maximum absolute atomic E-state index is 13.0. The molecule has 0 aliphatic rings. The molecule has 3 aromatic rings. The van der Waals surface area contributed by atoms with Crippen molar-refractivity contribution in [3.8, 4) is 5.75 Å². The van der Waals surface area contributed by atoms with Crippen LogP contribution < -0.4 is 15.4 Å². The number of benzene rings is 2. The van der Waals surface area contributed by atoms with E-state index in [2.05, 4.69) is 15.6 Å². The van der Waals surface area contributed by atoms with Gasteiger partial charge in [-0.05, 0) is 48.4 Å². The first-order valence-electron chi connectivity index (χ1n) is 8.99. The van der Waals surface area contributed by atoms with Crippen molar-refractivity contribution in [3.63, 3.8) is 0 Å². The molecular weight excluding hydrogens is 373 g/mol. The van der Waals surface area contributed by atoms with Crippen LogP contribution in [0.15, 0.2) is 67.0 Å². The molecule has 29 heavy (non-hydrogen) atoms. The number of anilines is 1. The predicted molar refractivity (Wildman–Crippen MR) is 108 cm³/mol. The van der Waals surface area contributed by atoms with E-state index in [0.717, 1.165) is 11.3 Å². The topological polar surface area (TPSA) is 80.3 Å². The molecule has 1 aromatic heterocycles. The van der Waals surface area contributed by atoms with Gasteiger partial charge in [-0.2, -0.15) is 0 Å². The van der Waals surface area contributed by atoms with Gasteiger partial charge in [-0.3, -0.25) is 14.6 Å². The molecule has 2 amide bonds. The summed E-state index contributed by atoms with van der Waals surface area (Å²) >= 11 is 0. The summed E-state index contributed by atoms with van der Waals surface area (Å²) in [6.07, 6.45) is 3.37. The Morgan fingerprint density at radius 1 is 1.00 bits per heavy atom. The standard InChI is InChI=1S/C22H20FN3O3/c1-29-20-5-3-2-4-15(20)10-11-25-21(27)16-12-17(14-24-13-16)22(28)26-19-8-6-18(23)7-9-19/h2-9,12-14H,10-11H2,1H3,(H,25,27)(H,26,28). The van der Waals surface area contributed by atoms with Gasteiger partial charge in [-0.1, -0.05) is 18.2 Å². The van der Waals surface area contributed by atoms with Gasteiger partial charge < -0.3 is 15.4 Å². The Kier molecular flexibility index (Phi) is 6.52. The van der Waals surface area contributed by atoms with E-state index in [-0.39, 0.29) is 17.0 Å². The van der Waals surface area contributed by atoms with Gasteiger partial charge in [-0.15, -0.1) is 0 Å². The summed E-state index contributed by atoms with van der Waals surface area (Å²) in [4.78, 5) is 28.7. The zero-order valence-corrected chi connectivity index (χ0v) is 15.8.